The van der Waals surface area contributed by atoms with E-state index < -0.39 is 0 Å². The van der Waals surface area contributed by atoms with E-state index in [0.29, 0.717) is 4.99 Å². The molecule has 0 unspecified atom stereocenters. The van der Waals surface area contributed by atoms with Crippen LogP contribution in [-0.4, -0.2) is 4.99 Å². The van der Waals surface area contributed by atoms with Gasteiger partial charge in [-0.3, -0.25) is 0 Å². The van der Waals surface area contributed by atoms with Gasteiger partial charge >= 0.3 is 0 Å². The zero-order valence-electron chi connectivity index (χ0n) is 9.24. The van der Waals surface area contributed by atoms with E-state index in [4.69, 9.17) is 18.0 Å². The zero-order valence-corrected chi connectivity index (χ0v) is 14.0. The lowest BCUT2D eigenvalue weighted by Gasteiger charge is -2.08. The van der Waals surface area contributed by atoms with Crippen LogP contribution in [0.4, 0.5) is 5.69 Å². The van der Waals surface area contributed by atoms with E-state index in [1.165, 1.54) is 4.88 Å². The van der Waals surface area contributed by atoms with Gasteiger partial charge in [-0.05, 0) is 56.1 Å². The van der Waals surface area contributed by atoms with Crippen molar-refractivity contribution in [2.75, 3.05) is 5.32 Å². The number of rotatable bonds is 4. The molecule has 0 aliphatic carbocycles. The van der Waals surface area contributed by atoms with Gasteiger partial charge < -0.3 is 11.1 Å². The van der Waals surface area contributed by atoms with E-state index >= 15 is 0 Å². The predicted molar refractivity (Wildman–Crippen MR) is 89.4 cm³/mol. The van der Waals surface area contributed by atoms with Gasteiger partial charge in [-0.15, -0.1) is 11.3 Å². The highest BCUT2D eigenvalue weighted by atomic mass is 79.9. The fourth-order valence-corrected chi connectivity index (χ4v) is 3.48. The molecule has 0 atom stereocenters. The minimum absolute atomic E-state index is 0.407. The van der Waals surface area contributed by atoms with Crippen molar-refractivity contribution < 1.29 is 0 Å². The van der Waals surface area contributed by atoms with Gasteiger partial charge in [-0.25, -0.2) is 0 Å². The zero-order chi connectivity index (χ0) is 13.1. The Bertz CT molecular complexity index is 581. The minimum Gasteiger partial charge on any atom is -0.389 e. The summed E-state index contributed by atoms with van der Waals surface area (Å²) < 4.78 is 2.08. The third-order valence-electron chi connectivity index (χ3n) is 2.33. The number of nitrogens with two attached hydrogens (primary N) is 1. The van der Waals surface area contributed by atoms with Crippen molar-refractivity contribution in [2.24, 2.45) is 5.73 Å². The molecule has 0 saturated carbocycles. The Hall–Kier alpha value is -0.430. The Balaban J connectivity index is 2.08. The Morgan fingerprint density at radius 1 is 1.33 bits per heavy atom. The van der Waals surface area contributed by atoms with Crippen molar-refractivity contribution in [3.8, 4) is 0 Å². The average Bonchev–Trinajstić information content (AvgIpc) is 2.73. The molecular formula is C12H10Br2N2S2. The molecule has 2 aromatic rings. The highest BCUT2D eigenvalue weighted by molar-refractivity contribution is 9.10. The second-order valence-electron chi connectivity index (χ2n) is 3.64. The first kappa shape index (κ1) is 14.0. The van der Waals surface area contributed by atoms with E-state index in [0.717, 1.165) is 26.7 Å². The molecule has 1 aromatic carbocycles. The Morgan fingerprint density at radius 3 is 2.67 bits per heavy atom. The first-order valence-corrected chi connectivity index (χ1v) is 8.00. The summed E-state index contributed by atoms with van der Waals surface area (Å²) in [5, 5.41) is 5.44. The molecule has 0 saturated heterocycles. The number of hydrogen-bond acceptors (Lipinski definition) is 3. The molecule has 0 bridgehead atoms. The lowest BCUT2D eigenvalue weighted by atomic mass is 10.2. The first-order valence-electron chi connectivity index (χ1n) is 5.12. The molecule has 2 nitrogen and oxygen atoms in total. The van der Waals surface area contributed by atoms with Crippen molar-refractivity contribution in [1.82, 2.24) is 0 Å². The standard InChI is InChI=1S/C12H10Br2N2S2/c13-8-4-9(18-6-8)5-16-11-2-1-7(12(15)17)3-10(11)14/h1-4,6,16H,5H2,(H2,15,17). The first-order chi connectivity index (χ1) is 8.56. The van der Waals surface area contributed by atoms with Gasteiger partial charge in [0.2, 0.25) is 0 Å². The number of hydrogen-bond donors (Lipinski definition) is 2. The molecule has 1 aromatic heterocycles. The van der Waals surface area contributed by atoms with Crippen LogP contribution in [0.25, 0.3) is 0 Å². The molecule has 0 radical (unpaired) electrons. The Morgan fingerprint density at radius 2 is 2.11 bits per heavy atom. The van der Waals surface area contributed by atoms with Gasteiger partial charge in [-0.2, -0.15) is 0 Å². The third-order valence-corrected chi connectivity index (χ3v) is 4.92. The average molecular weight is 406 g/mol. The summed E-state index contributed by atoms with van der Waals surface area (Å²) in [6, 6.07) is 7.92. The highest BCUT2D eigenvalue weighted by Crippen LogP contribution is 2.26. The van der Waals surface area contributed by atoms with Crippen LogP contribution in [0.1, 0.15) is 10.4 Å². The summed E-state index contributed by atoms with van der Waals surface area (Å²) in [5.41, 5.74) is 7.48. The van der Waals surface area contributed by atoms with Gasteiger partial charge in [0.25, 0.3) is 0 Å². The second-order valence-corrected chi connectivity index (χ2v) is 6.85. The fraction of sp³-hybridized carbons (Fsp3) is 0.0833. The van der Waals surface area contributed by atoms with E-state index in [9.17, 15) is 0 Å². The number of anilines is 1. The molecule has 0 aliphatic heterocycles. The van der Waals surface area contributed by atoms with Crippen LogP contribution in [0.2, 0.25) is 0 Å². The lowest BCUT2D eigenvalue weighted by Crippen LogP contribution is -2.09. The smallest absolute Gasteiger partial charge is 0.104 e. The number of thiophene rings is 1. The molecule has 0 amide bonds. The highest BCUT2D eigenvalue weighted by Gasteiger charge is 2.04. The summed E-state index contributed by atoms with van der Waals surface area (Å²) in [6.45, 7) is 0.793. The topological polar surface area (TPSA) is 38.0 Å². The third kappa shape index (κ3) is 3.54. The van der Waals surface area contributed by atoms with Crippen LogP contribution in [0.15, 0.2) is 38.6 Å². The molecular weight excluding hydrogens is 396 g/mol. The maximum atomic E-state index is 5.59. The molecule has 1 heterocycles. The molecule has 2 rings (SSSR count). The molecule has 6 heteroatoms. The molecule has 18 heavy (non-hydrogen) atoms. The SMILES string of the molecule is NC(=S)c1ccc(NCc2cc(Br)cs2)c(Br)c1. The molecule has 0 spiro atoms. The maximum Gasteiger partial charge on any atom is 0.104 e. The Kier molecular flexibility index (Phi) is 4.77. The molecule has 94 valence electrons. The normalized spacial score (nSPS) is 10.3. The number of nitrogens with one attached hydrogen (secondary N) is 1. The van der Waals surface area contributed by atoms with E-state index in [-0.39, 0.29) is 0 Å². The predicted octanol–water partition coefficient (Wildman–Crippen LogP) is 4.52. The lowest BCUT2D eigenvalue weighted by molar-refractivity contribution is 1.19. The summed E-state index contributed by atoms with van der Waals surface area (Å²) >= 11 is 13.6. The summed E-state index contributed by atoms with van der Waals surface area (Å²) in [6.07, 6.45) is 0. The van der Waals surface area contributed by atoms with Crippen molar-refractivity contribution in [3.63, 3.8) is 0 Å². The Labute approximate surface area is 132 Å². The minimum atomic E-state index is 0.407. The van der Waals surface area contributed by atoms with Crippen molar-refractivity contribution in [2.45, 2.75) is 6.54 Å². The number of benzene rings is 1. The molecule has 0 aliphatic rings. The van der Waals surface area contributed by atoms with Gasteiger partial charge in [0.1, 0.15) is 4.99 Å². The van der Waals surface area contributed by atoms with Crippen LogP contribution in [0, 0.1) is 0 Å². The molecule has 3 N–H and O–H groups in total. The van der Waals surface area contributed by atoms with Gasteiger partial charge in [0.15, 0.2) is 0 Å². The quantitative estimate of drug-likeness (QED) is 0.734. The van der Waals surface area contributed by atoms with Gasteiger partial charge in [0.05, 0.1) is 0 Å². The maximum absolute atomic E-state index is 5.59. The van der Waals surface area contributed by atoms with Crippen molar-refractivity contribution in [3.05, 3.63) is 49.0 Å². The van der Waals surface area contributed by atoms with E-state index in [2.05, 4.69) is 48.6 Å². The van der Waals surface area contributed by atoms with Crippen LogP contribution in [0.5, 0.6) is 0 Å². The molecule has 0 fully saturated rings. The number of halogens is 2. The number of thiocarbonyl (C=S) groups is 1. The van der Waals surface area contributed by atoms with Crippen molar-refractivity contribution >= 4 is 66.1 Å². The van der Waals surface area contributed by atoms with Crippen LogP contribution in [0.3, 0.4) is 0 Å². The van der Waals surface area contributed by atoms with Crippen molar-refractivity contribution in [1.29, 1.82) is 0 Å². The van der Waals surface area contributed by atoms with E-state index in [1.807, 2.05) is 18.2 Å². The monoisotopic (exact) mass is 404 g/mol. The van der Waals surface area contributed by atoms with Gasteiger partial charge in [0, 0.05) is 37.0 Å². The fourth-order valence-electron chi connectivity index (χ4n) is 1.44. The van der Waals surface area contributed by atoms with Crippen LogP contribution >= 0.6 is 55.4 Å². The van der Waals surface area contributed by atoms with Crippen LogP contribution in [-0.2, 0) is 6.54 Å². The second kappa shape index (κ2) is 6.14. The summed E-state index contributed by atoms with van der Waals surface area (Å²) in [7, 11) is 0. The van der Waals surface area contributed by atoms with Gasteiger partial charge in [-0.1, -0.05) is 12.2 Å². The van der Waals surface area contributed by atoms with E-state index in [1.54, 1.807) is 11.3 Å². The van der Waals surface area contributed by atoms with Crippen LogP contribution < -0.4 is 11.1 Å². The summed E-state index contributed by atoms with van der Waals surface area (Å²) in [5.74, 6) is 0. The summed E-state index contributed by atoms with van der Waals surface area (Å²) in [4.78, 5) is 1.68. The largest absolute Gasteiger partial charge is 0.389 e.